The van der Waals surface area contributed by atoms with Gasteiger partial charge in [0.15, 0.2) is 0 Å². The molecule has 0 unspecified atom stereocenters. The standard InChI is InChI=1S/C12H16BO3/c1-8-4-9(2)12(10(3)5-8)13-14-6-11(16-13)7-15-13/h4-5,11H,6-7H2,1-3H3/q-1. The fourth-order valence-corrected chi connectivity index (χ4v) is 2.96. The van der Waals surface area contributed by atoms with Crippen LogP contribution in [0.3, 0.4) is 0 Å². The van der Waals surface area contributed by atoms with Crippen LogP contribution < -0.4 is 5.46 Å². The van der Waals surface area contributed by atoms with E-state index in [9.17, 15) is 0 Å². The van der Waals surface area contributed by atoms with Gasteiger partial charge in [-0.3, -0.25) is 0 Å². The quantitative estimate of drug-likeness (QED) is 0.664. The summed E-state index contributed by atoms with van der Waals surface area (Å²) in [6.45, 7) is 5.96. The first-order chi connectivity index (χ1) is 7.61. The van der Waals surface area contributed by atoms with E-state index >= 15 is 0 Å². The van der Waals surface area contributed by atoms with E-state index in [1.54, 1.807) is 0 Å². The van der Waals surface area contributed by atoms with Crippen LogP contribution in [0.5, 0.6) is 0 Å². The van der Waals surface area contributed by atoms with Crippen LogP contribution >= 0.6 is 0 Å². The Bertz CT molecular complexity index is 413. The predicted octanol–water partition coefficient (Wildman–Crippen LogP) is 1.20. The lowest BCUT2D eigenvalue weighted by molar-refractivity contribution is 0.154. The van der Waals surface area contributed by atoms with Gasteiger partial charge in [-0.15, -0.1) is 5.46 Å². The molecule has 1 aromatic carbocycles. The number of hydrogen-bond donors (Lipinski definition) is 0. The summed E-state index contributed by atoms with van der Waals surface area (Å²) in [6, 6.07) is 4.31. The summed E-state index contributed by atoms with van der Waals surface area (Å²) in [5, 5.41) is 0. The van der Waals surface area contributed by atoms with E-state index in [4.69, 9.17) is 14.0 Å². The second-order valence-electron chi connectivity index (χ2n) is 4.88. The van der Waals surface area contributed by atoms with E-state index < -0.39 is 6.75 Å². The molecule has 2 heterocycles. The van der Waals surface area contributed by atoms with E-state index in [1.807, 2.05) is 0 Å². The van der Waals surface area contributed by atoms with Crippen LogP contribution in [-0.4, -0.2) is 26.1 Å². The molecule has 2 aliphatic heterocycles. The summed E-state index contributed by atoms with van der Waals surface area (Å²) in [5.41, 5.74) is 4.75. The van der Waals surface area contributed by atoms with Gasteiger partial charge in [0.05, 0.1) is 6.10 Å². The predicted molar refractivity (Wildman–Crippen MR) is 62.8 cm³/mol. The molecule has 0 spiro atoms. The van der Waals surface area contributed by atoms with Crippen molar-refractivity contribution < 1.29 is 14.0 Å². The molecule has 3 nitrogen and oxygen atoms in total. The molecule has 2 fully saturated rings. The van der Waals surface area contributed by atoms with E-state index in [0.717, 1.165) is 5.46 Å². The first-order valence-corrected chi connectivity index (χ1v) is 5.78. The number of rotatable bonds is 1. The van der Waals surface area contributed by atoms with Crippen molar-refractivity contribution in [3.63, 3.8) is 0 Å². The molecule has 2 aliphatic rings. The van der Waals surface area contributed by atoms with Gasteiger partial charge in [0.25, 0.3) is 0 Å². The lowest BCUT2D eigenvalue weighted by atomic mass is 9.65. The smallest absolute Gasteiger partial charge is 0.410 e. The van der Waals surface area contributed by atoms with Crippen molar-refractivity contribution in [1.29, 1.82) is 0 Å². The molecule has 0 atom stereocenters. The molecule has 0 amide bonds. The molecule has 0 aliphatic carbocycles. The van der Waals surface area contributed by atoms with Gasteiger partial charge < -0.3 is 14.0 Å². The van der Waals surface area contributed by atoms with Crippen molar-refractivity contribution in [3.05, 3.63) is 28.8 Å². The largest absolute Gasteiger partial charge is 0.539 e. The zero-order chi connectivity index (χ0) is 11.3. The molecular weight excluding hydrogens is 203 g/mol. The number of fused-ring (bicyclic) bond motifs is 2. The molecule has 0 N–H and O–H groups in total. The highest BCUT2D eigenvalue weighted by atomic mass is 16.8. The summed E-state index contributed by atoms with van der Waals surface area (Å²) in [4.78, 5) is 0. The average Bonchev–Trinajstić information content (AvgIpc) is 2.75. The second kappa shape index (κ2) is 3.33. The monoisotopic (exact) mass is 219 g/mol. The summed E-state index contributed by atoms with van der Waals surface area (Å²) >= 11 is 0. The van der Waals surface area contributed by atoms with Crippen molar-refractivity contribution >= 4 is 12.2 Å². The van der Waals surface area contributed by atoms with Crippen molar-refractivity contribution in [2.45, 2.75) is 26.9 Å². The van der Waals surface area contributed by atoms with E-state index in [-0.39, 0.29) is 6.10 Å². The maximum atomic E-state index is 5.87. The van der Waals surface area contributed by atoms with Gasteiger partial charge in [0, 0.05) is 13.2 Å². The Kier molecular flexibility index (Phi) is 2.15. The van der Waals surface area contributed by atoms with E-state index in [1.165, 1.54) is 16.7 Å². The van der Waals surface area contributed by atoms with Gasteiger partial charge >= 0.3 is 6.75 Å². The minimum Gasteiger partial charge on any atom is -0.539 e. The Morgan fingerprint density at radius 2 is 1.62 bits per heavy atom. The van der Waals surface area contributed by atoms with Gasteiger partial charge in [-0.1, -0.05) is 28.8 Å². The van der Waals surface area contributed by atoms with E-state index in [2.05, 4.69) is 32.9 Å². The molecule has 1 aromatic rings. The fraction of sp³-hybridized carbons (Fsp3) is 0.500. The highest BCUT2D eigenvalue weighted by Gasteiger charge is 2.46. The summed E-state index contributed by atoms with van der Waals surface area (Å²) in [6.07, 6.45) is 0.125. The third kappa shape index (κ3) is 1.34. The molecule has 0 aromatic heterocycles. The molecule has 4 heteroatoms. The van der Waals surface area contributed by atoms with Crippen molar-refractivity contribution in [3.8, 4) is 0 Å². The Labute approximate surface area is 95.7 Å². The summed E-state index contributed by atoms with van der Waals surface area (Å²) in [7, 11) is 0. The van der Waals surface area contributed by atoms with Crippen LogP contribution in [0.4, 0.5) is 0 Å². The maximum absolute atomic E-state index is 5.87. The highest BCUT2D eigenvalue weighted by molar-refractivity contribution is 6.77. The molecule has 86 valence electrons. The Morgan fingerprint density at radius 3 is 2.06 bits per heavy atom. The third-order valence-corrected chi connectivity index (χ3v) is 3.47. The first-order valence-electron chi connectivity index (χ1n) is 5.78. The fourth-order valence-electron chi connectivity index (χ4n) is 2.96. The normalized spacial score (nSPS) is 32.3. The SMILES string of the molecule is Cc1cc(C)c([B-]23OCC(CO2)O3)c(C)c1. The van der Waals surface area contributed by atoms with Crippen molar-refractivity contribution in [1.82, 2.24) is 0 Å². The third-order valence-electron chi connectivity index (χ3n) is 3.47. The van der Waals surface area contributed by atoms with Crippen LogP contribution in [0.25, 0.3) is 0 Å². The zero-order valence-electron chi connectivity index (χ0n) is 9.95. The maximum Gasteiger partial charge on any atom is 0.410 e. The topological polar surface area (TPSA) is 27.7 Å². The second-order valence-corrected chi connectivity index (χ2v) is 4.88. The lowest BCUT2D eigenvalue weighted by Gasteiger charge is -2.35. The lowest BCUT2D eigenvalue weighted by Crippen LogP contribution is -2.53. The number of aryl methyl sites for hydroxylation is 3. The summed E-state index contributed by atoms with van der Waals surface area (Å²) < 4.78 is 17.4. The van der Waals surface area contributed by atoms with Crippen LogP contribution in [0.15, 0.2) is 12.1 Å². The van der Waals surface area contributed by atoms with E-state index in [0.29, 0.717) is 13.2 Å². The Morgan fingerprint density at radius 1 is 1.06 bits per heavy atom. The van der Waals surface area contributed by atoms with Crippen LogP contribution in [-0.2, 0) is 14.0 Å². The highest BCUT2D eigenvalue weighted by Crippen LogP contribution is 2.30. The first kappa shape index (κ1) is 10.3. The molecule has 0 saturated carbocycles. The van der Waals surface area contributed by atoms with Gasteiger partial charge in [-0.2, -0.15) is 0 Å². The molecule has 16 heavy (non-hydrogen) atoms. The molecule has 2 bridgehead atoms. The molecule has 3 rings (SSSR count). The molecular formula is C12H16BO3-. The Balaban J connectivity index is 2.13. The minimum atomic E-state index is -1.64. The van der Waals surface area contributed by atoms with Crippen molar-refractivity contribution in [2.75, 3.05) is 13.2 Å². The van der Waals surface area contributed by atoms with Crippen LogP contribution in [0.2, 0.25) is 0 Å². The van der Waals surface area contributed by atoms with Gasteiger partial charge in [0.2, 0.25) is 0 Å². The van der Waals surface area contributed by atoms with Crippen LogP contribution in [0, 0.1) is 20.8 Å². The van der Waals surface area contributed by atoms with Crippen LogP contribution in [0.1, 0.15) is 16.7 Å². The zero-order valence-corrected chi connectivity index (χ0v) is 9.95. The molecule has 2 saturated heterocycles. The molecule has 0 radical (unpaired) electrons. The Hall–Kier alpha value is -0.835. The van der Waals surface area contributed by atoms with Crippen molar-refractivity contribution in [2.24, 2.45) is 0 Å². The summed E-state index contributed by atoms with van der Waals surface area (Å²) in [5.74, 6) is 0. The van der Waals surface area contributed by atoms with Gasteiger partial charge in [0.1, 0.15) is 0 Å². The number of benzene rings is 1. The average molecular weight is 219 g/mol. The van der Waals surface area contributed by atoms with Gasteiger partial charge in [-0.25, -0.2) is 0 Å². The van der Waals surface area contributed by atoms with Gasteiger partial charge in [-0.05, 0) is 20.8 Å². The minimum absolute atomic E-state index is 0.125. The number of hydrogen-bond acceptors (Lipinski definition) is 3.